The Kier molecular flexibility index (Phi) is 5.20. The first-order valence-corrected chi connectivity index (χ1v) is 7.90. The summed E-state index contributed by atoms with van der Waals surface area (Å²) in [5, 5.41) is 9.90. The lowest BCUT2D eigenvalue weighted by atomic mass is 10.7. The van der Waals surface area contributed by atoms with Crippen LogP contribution in [-0.4, -0.2) is 61.0 Å². The van der Waals surface area contributed by atoms with Crippen molar-refractivity contribution < 1.29 is 13.2 Å². The molecule has 0 spiro atoms. The van der Waals surface area contributed by atoms with Crippen LogP contribution in [0.2, 0.25) is 0 Å². The van der Waals surface area contributed by atoms with Crippen molar-refractivity contribution in [2.45, 2.75) is 18.2 Å². The Morgan fingerprint density at radius 3 is 2.32 bits per heavy atom. The zero-order valence-corrected chi connectivity index (χ0v) is 12.9. The van der Waals surface area contributed by atoms with Gasteiger partial charge in [-0.05, 0) is 0 Å². The molecule has 0 aliphatic carbocycles. The molecule has 108 valence electrons. The number of aromatic nitrogens is 2. The van der Waals surface area contributed by atoms with E-state index < -0.39 is 10.0 Å². The molecule has 0 atom stereocenters. The molecule has 1 aromatic rings. The van der Waals surface area contributed by atoms with Crippen molar-refractivity contribution in [1.82, 2.24) is 19.4 Å². The third kappa shape index (κ3) is 3.61. The number of hydrogen-bond acceptors (Lipinski definition) is 6. The summed E-state index contributed by atoms with van der Waals surface area (Å²) in [4.78, 5) is 12.7. The first-order valence-electron chi connectivity index (χ1n) is 5.64. The molecule has 1 rings (SSSR count). The lowest BCUT2D eigenvalue weighted by Crippen LogP contribution is -2.30. The van der Waals surface area contributed by atoms with Crippen LogP contribution < -0.4 is 5.32 Å². The highest BCUT2D eigenvalue weighted by atomic mass is 32.2. The highest BCUT2D eigenvalue weighted by Crippen LogP contribution is 2.23. The number of carbonyl (C=O) groups excluding carboxylic acids is 1. The van der Waals surface area contributed by atoms with Crippen LogP contribution in [0.1, 0.15) is 13.8 Å². The average molecular weight is 307 g/mol. The predicted molar refractivity (Wildman–Crippen MR) is 72.7 cm³/mol. The number of anilines is 1. The van der Waals surface area contributed by atoms with Gasteiger partial charge in [0.15, 0.2) is 0 Å². The molecule has 2 amide bonds. The summed E-state index contributed by atoms with van der Waals surface area (Å²) in [5.74, 6) is 0. The van der Waals surface area contributed by atoms with Gasteiger partial charge in [-0.25, -0.2) is 13.2 Å². The lowest BCUT2D eigenvalue weighted by molar-refractivity contribution is 0.230. The van der Waals surface area contributed by atoms with Gasteiger partial charge in [0.1, 0.15) is 0 Å². The topological polar surface area (TPSA) is 95.5 Å². The SMILES string of the molecule is CCN(CC)S(=O)(=O)c1nnc(NC(=O)N(C)C)s1. The largest absolute Gasteiger partial charge is 0.331 e. The number of rotatable bonds is 5. The van der Waals surface area contributed by atoms with Crippen molar-refractivity contribution in [2.24, 2.45) is 0 Å². The Labute approximate surface area is 116 Å². The number of nitrogens with one attached hydrogen (secondary N) is 1. The van der Waals surface area contributed by atoms with E-state index in [9.17, 15) is 13.2 Å². The van der Waals surface area contributed by atoms with Gasteiger partial charge in [0, 0.05) is 27.2 Å². The second kappa shape index (κ2) is 6.26. The standard InChI is InChI=1S/C9H17N5O3S2/c1-5-14(6-2)19(16,17)9-12-11-7(18-9)10-8(15)13(3)4/h5-6H2,1-4H3,(H,10,11,15). The summed E-state index contributed by atoms with van der Waals surface area (Å²) >= 11 is 0.834. The summed E-state index contributed by atoms with van der Waals surface area (Å²) in [7, 11) is -0.476. The molecule has 1 heterocycles. The highest BCUT2D eigenvalue weighted by Gasteiger charge is 2.26. The molecule has 0 aliphatic heterocycles. The molecule has 0 radical (unpaired) electrons. The van der Waals surface area contributed by atoms with Gasteiger partial charge in [-0.1, -0.05) is 25.2 Å². The van der Waals surface area contributed by atoms with Crippen LogP contribution in [0.25, 0.3) is 0 Å². The van der Waals surface area contributed by atoms with Crippen molar-refractivity contribution in [2.75, 3.05) is 32.5 Å². The smallest absolute Gasteiger partial charge is 0.323 e. The quantitative estimate of drug-likeness (QED) is 0.806. The Morgan fingerprint density at radius 1 is 1.26 bits per heavy atom. The molecule has 19 heavy (non-hydrogen) atoms. The predicted octanol–water partition coefficient (Wildman–Crippen LogP) is 0.662. The molecule has 0 saturated carbocycles. The maximum absolute atomic E-state index is 12.1. The van der Waals surface area contributed by atoms with Crippen LogP contribution in [0.3, 0.4) is 0 Å². The number of hydrogen-bond donors (Lipinski definition) is 1. The fourth-order valence-electron chi connectivity index (χ4n) is 1.24. The minimum atomic E-state index is -3.62. The molecule has 8 nitrogen and oxygen atoms in total. The van der Waals surface area contributed by atoms with Crippen LogP contribution in [0.15, 0.2) is 4.34 Å². The van der Waals surface area contributed by atoms with Crippen molar-refractivity contribution in [1.29, 1.82) is 0 Å². The maximum atomic E-state index is 12.1. The van der Waals surface area contributed by atoms with Crippen molar-refractivity contribution in [3.63, 3.8) is 0 Å². The van der Waals surface area contributed by atoms with Crippen LogP contribution in [0.4, 0.5) is 9.93 Å². The van der Waals surface area contributed by atoms with Gasteiger partial charge in [0.05, 0.1) is 0 Å². The van der Waals surface area contributed by atoms with E-state index >= 15 is 0 Å². The molecule has 0 fully saturated rings. The molecule has 0 aliphatic rings. The van der Waals surface area contributed by atoms with Crippen LogP contribution in [-0.2, 0) is 10.0 Å². The van der Waals surface area contributed by atoms with Crippen molar-refractivity contribution in [3.8, 4) is 0 Å². The number of carbonyl (C=O) groups is 1. The molecule has 0 saturated heterocycles. The van der Waals surface area contributed by atoms with Crippen molar-refractivity contribution in [3.05, 3.63) is 0 Å². The first-order chi connectivity index (χ1) is 8.82. The second-order valence-electron chi connectivity index (χ2n) is 3.79. The third-order valence-corrected chi connectivity index (χ3v) is 5.53. The van der Waals surface area contributed by atoms with E-state index in [1.165, 1.54) is 9.21 Å². The van der Waals surface area contributed by atoms with E-state index in [1.807, 2.05) is 0 Å². The Bertz CT molecular complexity index is 536. The fraction of sp³-hybridized carbons (Fsp3) is 0.667. The van der Waals surface area contributed by atoms with Gasteiger partial charge in [-0.2, -0.15) is 4.31 Å². The van der Waals surface area contributed by atoms with Crippen molar-refractivity contribution >= 4 is 32.5 Å². The average Bonchev–Trinajstić information content (AvgIpc) is 2.79. The summed E-state index contributed by atoms with van der Waals surface area (Å²) < 4.78 is 25.4. The molecule has 1 N–H and O–H groups in total. The normalized spacial score (nSPS) is 11.6. The van der Waals surface area contributed by atoms with E-state index in [0.717, 1.165) is 11.3 Å². The van der Waals surface area contributed by atoms with Crippen LogP contribution >= 0.6 is 11.3 Å². The fourth-order valence-corrected chi connectivity index (χ4v) is 3.73. The number of amides is 2. The van der Waals surface area contributed by atoms with E-state index in [1.54, 1.807) is 27.9 Å². The molecule has 1 aromatic heterocycles. The summed E-state index contributed by atoms with van der Waals surface area (Å²) in [6.45, 7) is 4.21. The van der Waals surface area contributed by atoms with E-state index in [0.29, 0.717) is 13.1 Å². The molecule has 10 heteroatoms. The molecule has 0 unspecified atom stereocenters. The second-order valence-corrected chi connectivity index (χ2v) is 6.88. The number of sulfonamides is 1. The summed E-state index contributed by atoms with van der Waals surface area (Å²) in [6.07, 6.45) is 0. The Hall–Kier alpha value is -1.26. The van der Waals surface area contributed by atoms with Gasteiger partial charge in [0.25, 0.3) is 10.0 Å². The van der Waals surface area contributed by atoms with Gasteiger partial charge >= 0.3 is 6.03 Å². The van der Waals surface area contributed by atoms with Crippen LogP contribution in [0, 0.1) is 0 Å². The van der Waals surface area contributed by atoms with Gasteiger partial charge in [-0.3, -0.25) is 5.32 Å². The van der Waals surface area contributed by atoms with E-state index in [4.69, 9.17) is 0 Å². The minimum Gasteiger partial charge on any atom is -0.331 e. The van der Waals surface area contributed by atoms with Crippen LogP contribution in [0.5, 0.6) is 0 Å². The number of urea groups is 1. The Balaban J connectivity index is 2.94. The molecular weight excluding hydrogens is 290 g/mol. The zero-order chi connectivity index (χ0) is 14.6. The molecule has 0 aromatic carbocycles. The highest BCUT2D eigenvalue weighted by molar-refractivity contribution is 7.91. The molecular formula is C9H17N5O3S2. The third-order valence-electron chi connectivity index (χ3n) is 2.29. The lowest BCUT2D eigenvalue weighted by Gasteiger charge is -2.15. The van der Waals surface area contributed by atoms with E-state index in [-0.39, 0.29) is 15.5 Å². The van der Waals surface area contributed by atoms with Gasteiger partial charge in [0.2, 0.25) is 9.47 Å². The van der Waals surface area contributed by atoms with Gasteiger partial charge < -0.3 is 4.90 Å². The number of nitrogens with zero attached hydrogens (tertiary/aromatic N) is 4. The summed E-state index contributed by atoms with van der Waals surface area (Å²) in [6, 6.07) is -0.386. The summed E-state index contributed by atoms with van der Waals surface area (Å²) in [5.41, 5.74) is 0. The van der Waals surface area contributed by atoms with Gasteiger partial charge in [-0.15, -0.1) is 10.2 Å². The zero-order valence-electron chi connectivity index (χ0n) is 11.2. The maximum Gasteiger partial charge on any atom is 0.323 e. The molecule has 0 bridgehead atoms. The first kappa shape index (κ1) is 15.8. The monoisotopic (exact) mass is 307 g/mol. The Morgan fingerprint density at radius 2 is 1.84 bits per heavy atom. The van der Waals surface area contributed by atoms with E-state index in [2.05, 4.69) is 15.5 Å². The minimum absolute atomic E-state index is 0.120.